The second-order valence-corrected chi connectivity index (χ2v) is 5.88. The summed E-state index contributed by atoms with van der Waals surface area (Å²) >= 11 is 0. The van der Waals surface area contributed by atoms with Crippen molar-refractivity contribution in [2.75, 3.05) is 5.32 Å². The molecule has 0 saturated heterocycles. The molecule has 126 valence electrons. The molecule has 0 fully saturated rings. The van der Waals surface area contributed by atoms with Gasteiger partial charge in [0, 0.05) is 29.4 Å². The number of nitrogens with zero attached hydrogens (tertiary/aromatic N) is 3. The Morgan fingerprint density at radius 3 is 2.96 bits per heavy atom. The zero-order valence-electron chi connectivity index (χ0n) is 13.8. The standard InChI is InChI=1S/C18H16FN5O/c1-3-14-18-15(22-21-14)8-13(19)10(2)17(18)11-4-5-24-12(6-11)7-16(23-24)20-9-25/h4-9H,3H2,1-2H3,(H,21,22)(H,20,23,25). The maximum absolute atomic E-state index is 14.4. The van der Waals surface area contributed by atoms with Crippen molar-refractivity contribution in [1.29, 1.82) is 0 Å². The van der Waals surface area contributed by atoms with Crippen molar-refractivity contribution in [3.63, 3.8) is 0 Å². The van der Waals surface area contributed by atoms with Gasteiger partial charge in [0.1, 0.15) is 5.82 Å². The molecule has 0 aliphatic heterocycles. The van der Waals surface area contributed by atoms with Crippen LogP contribution in [-0.4, -0.2) is 26.2 Å². The normalized spacial score (nSPS) is 11.3. The topological polar surface area (TPSA) is 75.1 Å². The third kappa shape index (κ3) is 2.36. The number of hydrogen-bond donors (Lipinski definition) is 2. The summed E-state index contributed by atoms with van der Waals surface area (Å²) in [5.41, 5.74) is 4.69. The number of aromatic amines is 1. The Balaban J connectivity index is 2.00. The van der Waals surface area contributed by atoms with Gasteiger partial charge in [-0.3, -0.25) is 9.89 Å². The lowest BCUT2D eigenvalue weighted by atomic mass is 9.95. The summed E-state index contributed by atoms with van der Waals surface area (Å²) in [6.45, 7) is 3.81. The number of rotatable bonds is 4. The van der Waals surface area contributed by atoms with Crippen LogP contribution in [0.5, 0.6) is 0 Å². The lowest BCUT2D eigenvalue weighted by molar-refractivity contribution is -0.105. The third-order valence-electron chi connectivity index (χ3n) is 4.43. The molecule has 0 aliphatic carbocycles. The fourth-order valence-electron chi connectivity index (χ4n) is 3.21. The number of nitrogens with one attached hydrogen (secondary N) is 2. The van der Waals surface area contributed by atoms with Crippen LogP contribution in [0.4, 0.5) is 10.2 Å². The van der Waals surface area contributed by atoms with E-state index in [0.717, 1.165) is 34.1 Å². The number of hydrogen-bond acceptors (Lipinski definition) is 3. The predicted octanol–water partition coefficient (Wildman–Crippen LogP) is 3.46. The van der Waals surface area contributed by atoms with E-state index >= 15 is 0 Å². The highest BCUT2D eigenvalue weighted by Crippen LogP contribution is 2.35. The molecular weight excluding hydrogens is 321 g/mol. The lowest BCUT2D eigenvalue weighted by Crippen LogP contribution is -1.95. The average Bonchev–Trinajstić information content (AvgIpc) is 3.18. The Kier molecular flexibility index (Phi) is 3.49. The van der Waals surface area contributed by atoms with E-state index in [1.165, 1.54) is 6.07 Å². The van der Waals surface area contributed by atoms with Gasteiger partial charge in [0.25, 0.3) is 0 Å². The molecule has 3 aromatic heterocycles. The summed E-state index contributed by atoms with van der Waals surface area (Å²) in [6.07, 6.45) is 3.15. The monoisotopic (exact) mass is 337 g/mol. The van der Waals surface area contributed by atoms with E-state index in [4.69, 9.17) is 0 Å². The number of amides is 1. The van der Waals surface area contributed by atoms with E-state index in [-0.39, 0.29) is 5.82 Å². The molecule has 4 aromatic rings. The van der Waals surface area contributed by atoms with Crippen LogP contribution in [-0.2, 0) is 11.2 Å². The van der Waals surface area contributed by atoms with Gasteiger partial charge in [-0.1, -0.05) is 6.92 Å². The van der Waals surface area contributed by atoms with Crippen molar-refractivity contribution >= 4 is 28.6 Å². The van der Waals surface area contributed by atoms with Gasteiger partial charge >= 0.3 is 0 Å². The van der Waals surface area contributed by atoms with Crippen molar-refractivity contribution in [3.8, 4) is 11.1 Å². The van der Waals surface area contributed by atoms with E-state index in [2.05, 4.69) is 20.6 Å². The number of carbonyl (C=O) groups excluding carboxylic acids is 1. The second kappa shape index (κ2) is 5.70. The van der Waals surface area contributed by atoms with Crippen molar-refractivity contribution in [2.24, 2.45) is 0 Å². The van der Waals surface area contributed by atoms with Crippen LogP contribution in [0.2, 0.25) is 0 Å². The quantitative estimate of drug-likeness (QED) is 0.560. The van der Waals surface area contributed by atoms with Crippen molar-refractivity contribution < 1.29 is 9.18 Å². The van der Waals surface area contributed by atoms with Crippen LogP contribution in [0, 0.1) is 12.7 Å². The first-order valence-electron chi connectivity index (χ1n) is 7.98. The molecule has 0 spiro atoms. The van der Waals surface area contributed by atoms with E-state index in [9.17, 15) is 9.18 Å². The molecule has 0 aliphatic rings. The minimum absolute atomic E-state index is 0.284. The first-order chi connectivity index (χ1) is 12.1. The molecule has 0 unspecified atom stereocenters. The van der Waals surface area contributed by atoms with Crippen LogP contribution in [0.1, 0.15) is 18.2 Å². The maximum Gasteiger partial charge on any atom is 0.212 e. The minimum Gasteiger partial charge on any atom is -0.312 e. The minimum atomic E-state index is -0.284. The number of aryl methyl sites for hydroxylation is 1. The van der Waals surface area contributed by atoms with E-state index in [1.54, 1.807) is 23.7 Å². The molecule has 0 atom stereocenters. The molecule has 7 heteroatoms. The van der Waals surface area contributed by atoms with Crippen LogP contribution < -0.4 is 5.32 Å². The Morgan fingerprint density at radius 2 is 2.20 bits per heavy atom. The van der Waals surface area contributed by atoms with Crippen molar-refractivity contribution in [2.45, 2.75) is 20.3 Å². The predicted molar refractivity (Wildman–Crippen MR) is 94.0 cm³/mol. The van der Waals surface area contributed by atoms with Gasteiger partial charge in [0.2, 0.25) is 6.41 Å². The molecule has 1 aromatic carbocycles. The van der Waals surface area contributed by atoms with Gasteiger partial charge in [-0.2, -0.15) is 10.2 Å². The second-order valence-electron chi connectivity index (χ2n) is 5.88. The summed E-state index contributed by atoms with van der Waals surface area (Å²) in [5, 5.41) is 15.0. The average molecular weight is 337 g/mol. The zero-order valence-corrected chi connectivity index (χ0v) is 13.8. The number of carbonyl (C=O) groups is 1. The Labute approximate surface area is 142 Å². The van der Waals surface area contributed by atoms with E-state index in [0.29, 0.717) is 23.3 Å². The molecule has 0 radical (unpaired) electrons. The zero-order chi connectivity index (χ0) is 17.6. The van der Waals surface area contributed by atoms with Gasteiger partial charge in [0.05, 0.1) is 11.0 Å². The number of halogens is 1. The maximum atomic E-state index is 14.4. The van der Waals surface area contributed by atoms with Gasteiger partial charge in [-0.25, -0.2) is 8.91 Å². The molecular formula is C18H16FN5O. The van der Waals surface area contributed by atoms with Gasteiger partial charge in [0.15, 0.2) is 5.82 Å². The molecule has 2 N–H and O–H groups in total. The Bertz CT molecular complexity index is 1110. The lowest BCUT2D eigenvalue weighted by Gasteiger charge is -2.10. The fourth-order valence-corrected chi connectivity index (χ4v) is 3.21. The van der Waals surface area contributed by atoms with Crippen LogP contribution >= 0.6 is 0 Å². The summed E-state index contributed by atoms with van der Waals surface area (Å²) in [7, 11) is 0. The number of aromatic nitrogens is 4. The molecule has 1 amide bonds. The molecule has 6 nitrogen and oxygen atoms in total. The summed E-state index contributed by atoms with van der Waals surface area (Å²) in [5.74, 6) is 0.180. The number of H-pyrrole nitrogens is 1. The first-order valence-corrected chi connectivity index (χ1v) is 7.98. The Hall–Kier alpha value is -3.22. The molecule has 0 bridgehead atoms. The largest absolute Gasteiger partial charge is 0.312 e. The van der Waals surface area contributed by atoms with Gasteiger partial charge in [-0.15, -0.1) is 0 Å². The summed E-state index contributed by atoms with van der Waals surface area (Å²) in [6, 6.07) is 7.04. The molecule has 25 heavy (non-hydrogen) atoms. The highest BCUT2D eigenvalue weighted by atomic mass is 19.1. The number of pyridine rings is 1. The van der Waals surface area contributed by atoms with E-state index < -0.39 is 0 Å². The van der Waals surface area contributed by atoms with Gasteiger partial charge < -0.3 is 5.32 Å². The first kappa shape index (κ1) is 15.3. The number of benzene rings is 1. The number of anilines is 1. The van der Waals surface area contributed by atoms with E-state index in [1.807, 2.05) is 19.1 Å². The van der Waals surface area contributed by atoms with Crippen molar-refractivity contribution in [1.82, 2.24) is 19.8 Å². The third-order valence-corrected chi connectivity index (χ3v) is 4.43. The molecule has 4 rings (SSSR count). The van der Waals surface area contributed by atoms with Crippen LogP contribution in [0.25, 0.3) is 27.5 Å². The molecule has 0 saturated carbocycles. The van der Waals surface area contributed by atoms with Gasteiger partial charge in [-0.05, 0) is 42.2 Å². The summed E-state index contributed by atoms with van der Waals surface area (Å²) in [4.78, 5) is 10.6. The van der Waals surface area contributed by atoms with Crippen LogP contribution in [0.15, 0.2) is 30.5 Å². The highest BCUT2D eigenvalue weighted by molar-refractivity contribution is 5.99. The SMILES string of the molecule is CCc1[nH]nc2cc(F)c(C)c(-c3ccn4nc(NC=O)cc4c3)c12. The summed E-state index contributed by atoms with van der Waals surface area (Å²) < 4.78 is 16.1. The molecule has 3 heterocycles. The van der Waals surface area contributed by atoms with Crippen molar-refractivity contribution in [3.05, 3.63) is 47.5 Å². The fraction of sp³-hybridized carbons (Fsp3) is 0.167. The Morgan fingerprint density at radius 1 is 1.36 bits per heavy atom. The highest BCUT2D eigenvalue weighted by Gasteiger charge is 2.17. The smallest absolute Gasteiger partial charge is 0.212 e. The number of fused-ring (bicyclic) bond motifs is 2. The van der Waals surface area contributed by atoms with Crippen LogP contribution in [0.3, 0.4) is 0 Å².